The fourth-order valence-corrected chi connectivity index (χ4v) is 4.61. The van der Waals surface area contributed by atoms with Gasteiger partial charge in [-0.2, -0.15) is 0 Å². The number of rotatable bonds is 2. The van der Waals surface area contributed by atoms with Gasteiger partial charge in [-0.3, -0.25) is 0 Å². The normalized spacial score (nSPS) is 32.8. The summed E-state index contributed by atoms with van der Waals surface area (Å²) in [5, 5.41) is 4.14. The molecule has 18 heavy (non-hydrogen) atoms. The second-order valence-electron chi connectivity index (χ2n) is 5.72. The van der Waals surface area contributed by atoms with Crippen LogP contribution in [-0.2, 0) is 5.41 Å². The van der Waals surface area contributed by atoms with E-state index in [0.29, 0.717) is 5.41 Å². The van der Waals surface area contributed by atoms with Crippen LogP contribution in [0.2, 0.25) is 5.02 Å². The van der Waals surface area contributed by atoms with Crippen molar-refractivity contribution in [2.75, 3.05) is 0 Å². The monoisotopic (exact) mass is 276 g/mol. The third kappa shape index (κ3) is 1.41. The summed E-state index contributed by atoms with van der Waals surface area (Å²) >= 11 is 7.78. The maximum absolute atomic E-state index is 6.11. The summed E-state index contributed by atoms with van der Waals surface area (Å²) in [6.07, 6.45) is 3.34. The van der Waals surface area contributed by atoms with Crippen molar-refractivity contribution in [2.45, 2.75) is 30.2 Å². The zero-order valence-corrected chi connectivity index (χ0v) is 11.4. The molecule has 3 saturated carbocycles. The third-order valence-electron chi connectivity index (χ3n) is 4.15. The van der Waals surface area contributed by atoms with E-state index in [4.69, 9.17) is 22.3 Å². The molecule has 1 heterocycles. The Labute approximate surface area is 115 Å². The molecule has 0 spiro atoms. The molecule has 3 aliphatic carbocycles. The van der Waals surface area contributed by atoms with Crippen LogP contribution < -0.4 is 5.73 Å². The van der Waals surface area contributed by atoms with E-state index in [9.17, 15) is 0 Å². The molecule has 92 valence electrons. The van der Waals surface area contributed by atoms with Gasteiger partial charge in [-0.15, -0.1) is 11.3 Å². The van der Waals surface area contributed by atoms with Crippen molar-refractivity contribution in [1.82, 2.24) is 4.98 Å². The van der Waals surface area contributed by atoms with Gasteiger partial charge in [-0.1, -0.05) is 23.7 Å². The Kier molecular flexibility index (Phi) is 2.04. The van der Waals surface area contributed by atoms with Crippen molar-refractivity contribution in [1.29, 1.82) is 0 Å². The van der Waals surface area contributed by atoms with Crippen molar-refractivity contribution in [3.63, 3.8) is 0 Å². The van der Waals surface area contributed by atoms with E-state index in [2.05, 4.69) is 11.4 Å². The standard InChI is InChI=1S/C14H13ClN2S/c15-10-3-1-2-9(4-10)11-5-18-12(17-11)13-6-14(16,7-13)8-13/h1-5H,6-8,16H2. The van der Waals surface area contributed by atoms with Crippen LogP contribution in [0.3, 0.4) is 0 Å². The fourth-order valence-electron chi connectivity index (χ4n) is 3.39. The van der Waals surface area contributed by atoms with Crippen molar-refractivity contribution in [2.24, 2.45) is 5.73 Å². The second kappa shape index (κ2) is 3.35. The lowest BCUT2D eigenvalue weighted by Crippen LogP contribution is -2.74. The molecule has 4 heteroatoms. The Bertz CT molecular complexity index is 614. The summed E-state index contributed by atoms with van der Waals surface area (Å²) in [4.78, 5) is 4.79. The Morgan fingerprint density at radius 2 is 2.06 bits per heavy atom. The summed E-state index contributed by atoms with van der Waals surface area (Å²) in [5.74, 6) is 0. The first-order valence-electron chi connectivity index (χ1n) is 6.10. The first kappa shape index (κ1) is 11.0. The minimum absolute atomic E-state index is 0.141. The van der Waals surface area contributed by atoms with Crippen molar-refractivity contribution < 1.29 is 0 Å². The Morgan fingerprint density at radius 1 is 1.28 bits per heavy atom. The van der Waals surface area contributed by atoms with Gasteiger partial charge >= 0.3 is 0 Å². The number of nitrogens with zero attached hydrogens (tertiary/aromatic N) is 1. The Hall–Kier alpha value is -0.900. The molecule has 0 atom stereocenters. The van der Waals surface area contributed by atoms with Gasteiger partial charge in [0.2, 0.25) is 0 Å². The molecule has 2 aromatic rings. The van der Waals surface area contributed by atoms with Crippen LogP contribution >= 0.6 is 22.9 Å². The molecule has 3 fully saturated rings. The van der Waals surface area contributed by atoms with Crippen LogP contribution in [-0.4, -0.2) is 10.5 Å². The number of benzene rings is 1. The van der Waals surface area contributed by atoms with Gasteiger partial charge in [0.05, 0.1) is 10.7 Å². The third-order valence-corrected chi connectivity index (χ3v) is 5.47. The number of halogens is 1. The Balaban J connectivity index is 1.67. The molecular weight excluding hydrogens is 264 g/mol. The largest absolute Gasteiger partial charge is 0.325 e. The Morgan fingerprint density at radius 3 is 2.72 bits per heavy atom. The summed E-state index contributed by atoms with van der Waals surface area (Å²) < 4.78 is 0. The zero-order chi connectivity index (χ0) is 12.4. The molecule has 2 bridgehead atoms. The van der Waals surface area contributed by atoms with Crippen LogP contribution in [0.25, 0.3) is 11.3 Å². The average molecular weight is 277 g/mol. The summed E-state index contributed by atoms with van der Waals surface area (Å²) in [6, 6.07) is 7.87. The molecule has 0 aliphatic heterocycles. The van der Waals surface area contributed by atoms with E-state index in [1.807, 2.05) is 18.2 Å². The highest BCUT2D eigenvalue weighted by Crippen LogP contribution is 2.66. The molecule has 0 unspecified atom stereocenters. The molecule has 1 aromatic carbocycles. The second-order valence-corrected chi connectivity index (χ2v) is 7.02. The minimum Gasteiger partial charge on any atom is -0.325 e. The van der Waals surface area contributed by atoms with Crippen molar-refractivity contribution in [3.8, 4) is 11.3 Å². The van der Waals surface area contributed by atoms with Crippen molar-refractivity contribution >= 4 is 22.9 Å². The number of thiazole rings is 1. The van der Waals surface area contributed by atoms with Crippen LogP contribution in [0, 0.1) is 0 Å². The highest BCUT2D eigenvalue weighted by atomic mass is 35.5. The number of hydrogen-bond donors (Lipinski definition) is 1. The maximum Gasteiger partial charge on any atom is 0.0996 e. The quantitative estimate of drug-likeness (QED) is 0.910. The zero-order valence-electron chi connectivity index (χ0n) is 9.82. The van der Waals surface area contributed by atoms with Gasteiger partial charge in [0, 0.05) is 26.9 Å². The molecule has 0 saturated heterocycles. The SMILES string of the molecule is NC12CC(c3nc(-c4cccc(Cl)c4)cs3)(C1)C2. The number of aromatic nitrogens is 1. The molecule has 0 radical (unpaired) electrons. The first-order chi connectivity index (χ1) is 8.59. The molecule has 1 aromatic heterocycles. The summed E-state index contributed by atoms with van der Waals surface area (Å²) in [6.45, 7) is 0. The lowest BCUT2D eigenvalue weighted by Gasteiger charge is -2.68. The topological polar surface area (TPSA) is 38.9 Å². The van der Waals surface area contributed by atoms with Gasteiger partial charge in [0.1, 0.15) is 0 Å². The van der Waals surface area contributed by atoms with Gasteiger partial charge in [-0.05, 0) is 31.4 Å². The molecular formula is C14H13ClN2S. The number of hydrogen-bond acceptors (Lipinski definition) is 3. The number of nitrogens with two attached hydrogens (primary N) is 1. The molecule has 5 rings (SSSR count). The van der Waals surface area contributed by atoms with Crippen LogP contribution in [0.4, 0.5) is 0 Å². The summed E-state index contributed by atoms with van der Waals surface area (Å²) in [5.41, 5.74) is 8.70. The van der Waals surface area contributed by atoms with Crippen LogP contribution in [0.15, 0.2) is 29.6 Å². The van der Waals surface area contributed by atoms with Crippen LogP contribution in [0.1, 0.15) is 24.3 Å². The van der Waals surface area contributed by atoms with Gasteiger partial charge < -0.3 is 5.73 Å². The molecule has 2 nitrogen and oxygen atoms in total. The maximum atomic E-state index is 6.11. The van der Waals surface area contributed by atoms with Gasteiger partial charge in [0.15, 0.2) is 0 Å². The summed E-state index contributed by atoms with van der Waals surface area (Å²) in [7, 11) is 0. The first-order valence-corrected chi connectivity index (χ1v) is 7.35. The predicted octanol–water partition coefficient (Wildman–Crippen LogP) is 3.60. The van der Waals surface area contributed by atoms with Gasteiger partial charge in [-0.25, -0.2) is 4.98 Å². The van der Waals surface area contributed by atoms with Crippen LogP contribution in [0.5, 0.6) is 0 Å². The lowest BCUT2D eigenvalue weighted by molar-refractivity contribution is -0.0590. The molecule has 3 aliphatic rings. The van der Waals surface area contributed by atoms with E-state index in [0.717, 1.165) is 35.5 Å². The highest BCUT2D eigenvalue weighted by molar-refractivity contribution is 7.10. The average Bonchev–Trinajstić information content (AvgIpc) is 2.72. The van der Waals surface area contributed by atoms with Gasteiger partial charge in [0.25, 0.3) is 0 Å². The fraction of sp³-hybridized carbons (Fsp3) is 0.357. The van der Waals surface area contributed by atoms with E-state index in [1.54, 1.807) is 11.3 Å². The predicted molar refractivity (Wildman–Crippen MR) is 75.0 cm³/mol. The lowest BCUT2D eigenvalue weighted by atomic mass is 9.40. The smallest absolute Gasteiger partial charge is 0.0996 e. The van der Waals surface area contributed by atoms with E-state index < -0.39 is 0 Å². The molecule has 0 amide bonds. The van der Waals surface area contributed by atoms with E-state index >= 15 is 0 Å². The highest BCUT2D eigenvalue weighted by Gasteiger charge is 2.67. The minimum atomic E-state index is 0.141. The van der Waals surface area contributed by atoms with E-state index in [-0.39, 0.29) is 5.54 Å². The van der Waals surface area contributed by atoms with Crippen molar-refractivity contribution in [3.05, 3.63) is 39.7 Å². The molecule has 2 N–H and O–H groups in total. The van der Waals surface area contributed by atoms with E-state index in [1.165, 1.54) is 5.01 Å².